The topological polar surface area (TPSA) is 61.2 Å². The van der Waals surface area contributed by atoms with Gasteiger partial charge < -0.3 is 4.90 Å². The van der Waals surface area contributed by atoms with Crippen molar-refractivity contribution in [1.29, 1.82) is 0 Å². The van der Waals surface area contributed by atoms with Crippen molar-refractivity contribution in [3.63, 3.8) is 0 Å². The summed E-state index contributed by atoms with van der Waals surface area (Å²) < 4.78 is 1.58. The lowest BCUT2D eigenvalue weighted by Crippen LogP contribution is -2.50. The molecule has 0 radical (unpaired) electrons. The first-order valence-electron chi connectivity index (χ1n) is 10.5. The molecular weight excluding hydrogens is 398 g/mol. The average molecular weight is 424 g/mol. The summed E-state index contributed by atoms with van der Waals surface area (Å²) in [7, 11) is 0. The molecule has 0 bridgehead atoms. The largest absolute Gasteiger partial charge is 0.311 e. The van der Waals surface area contributed by atoms with E-state index in [1.165, 1.54) is 16.9 Å². The highest BCUT2D eigenvalue weighted by Gasteiger charge is 2.25. The monoisotopic (exact) mass is 423 g/mol. The summed E-state index contributed by atoms with van der Waals surface area (Å²) >= 11 is 1.48. The molecule has 0 aliphatic carbocycles. The van der Waals surface area contributed by atoms with Crippen molar-refractivity contribution in [3.05, 3.63) is 63.5 Å². The van der Waals surface area contributed by atoms with Crippen molar-refractivity contribution in [1.82, 2.24) is 19.2 Å². The minimum Gasteiger partial charge on any atom is -0.311 e. The average Bonchev–Trinajstić information content (AvgIpc) is 3.24. The van der Waals surface area contributed by atoms with Crippen LogP contribution in [0.2, 0.25) is 0 Å². The van der Waals surface area contributed by atoms with Crippen LogP contribution in [-0.4, -0.2) is 64.4 Å². The summed E-state index contributed by atoms with van der Waals surface area (Å²) in [6.07, 6.45) is 3.83. The van der Waals surface area contributed by atoms with Crippen LogP contribution in [0.1, 0.15) is 17.7 Å². The second-order valence-electron chi connectivity index (χ2n) is 7.97. The number of thiazole rings is 1. The molecule has 1 aromatic carbocycles. The third-order valence-electron chi connectivity index (χ3n) is 5.98. The molecule has 7 nitrogen and oxygen atoms in total. The number of rotatable bonds is 4. The highest BCUT2D eigenvalue weighted by molar-refractivity contribution is 7.15. The molecule has 4 heterocycles. The Morgan fingerprint density at radius 1 is 1.07 bits per heavy atom. The molecule has 2 aromatic heterocycles. The van der Waals surface area contributed by atoms with Gasteiger partial charge in [0.1, 0.15) is 0 Å². The second kappa shape index (κ2) is 8.29. The van der Waals surface area contributed by atoms with Crippen LogP contribution in [0.3, 0.4) is 0 Å². The normalized spacial score (nSPS) is 17.9. The van der Waals surface area contributed by atoms with Crippen molar-refractivity contribution in [2.24, 2.45) is 0 Å². The van der Waals surface area contributed by atoms with E-state index in [2.05, 4.69) is 26.9 Å². The first-order valence-corrected chi connectivity index (χ1v) is 11.3. The Bertz CT molecular complexity index is 1120. The second-order valence-corrected chi connectivity index (χ2v) is 8.84. The van der Waals surface area contributed by atoms with Gasteiger partial charge in [-0.25, -0.2) is 4.98 Å². The minimum atomic E-state index is -0.0257. The van der Waals surface area contributed by atoms with Crippen LogP contribution < -0.4 is 10.5 Å². The number of para-hydroxylation sites is 1. The Morgan fingerprint density at radius 2 is 1.87 bits per heavy atom. The molecule has 1 saturated heterocycles. The number of amides is 1. The molecule has 30 heavy (non-hydrogen) atoms. The van der Waals surface area contributed by atoms with Crippen LogP contribution in [0.15, 0.2) is 46.7 Å². The Balaban J connectivity index is 1.17. The predicted molar refractivity (Wildman–Crippen MR) is 118 cm³/mol. The summed E-state index contributed by atoms with van der Waals surface area (Å²) in [5, 5.41) is 1.88. The maximum Gasteiger partial charge on any atom is 0.258 e. The smallest absolute Gasteiger partial charge is 0.258 e. The summed E-state index contributed by atoms with van der Waals surface area (Å²) in [6, 6.07) is 9.87. The lowest BCUT2D eigenvalue weighted by molar-refractivity contribution is -0.120. The first kappa shape index (κ1) is 19.4. The number of carbonyl (C=O) groups excluding carboxylic acids is 1. The summed E-state index contributed by atoms with van der Waals surface area (Å²) in [6.45, 7) is 5.38. The number of nitrogens with zero attached hydrogens (tertiary/aromatic N) is 5. The number of fused-ring (bicyclic) bond motifs is 2. The summed E-state index contributed by atoms with van der Waals surface area (Å²) in [4.78, 5) is 37.0. The Kier molecular flexibility index (Phi) is 5.37. The van der Waals surface area contributed by atoms with Gasteiger partial charge in [0.05, 0.1) is 12.2 Å². The molecule has 3 aromatic rings. The third kappa shape index (κ3) is 3.90. The highest BCUT2D eigenvalue weighted by Crippen LogP contribution is 2.26. The highest BCUT2D eigenvalue weighted by atomic mass is 32.1. The van der Waals surface area contributed by atoms with Gasteiger partial charge in [0, 0.05) is 62.6 Å². The molecule has 1 fully saturated rings. The van der Waals surface area contributed by atoms with Crippen molar-refractivity contribution in [2.75, 3.05) is 44.2 Å². The molecule has 8 heteroatoms. The lowest BCUT2D eigenvalue weighted by atomic mass is 10.0. The number of aromatic nitrogens is 2. The SMILES string of the molecule is O=C(CN1CCN(Cc2cc(=O)n3ccsc3n2)CC1)N1CCCc2ccccc21. The number of aryl methyl sites for hydroxylation is 1. The molecule has 1 amide bonds. The maximum atomic E-state index is 13.0. The summed E-state index contributed by atoms with van der Waals surface area (Å²) in [5.41, 5.74) is 3.14. The van der Waals surface area contributed by atoms with E-state index in [0.717, 1.165) is 61.9 Å². The van der Waals surface area contributed by atoms with Gasteiger partial charge in [0.2, 0.25) is 5.91 Å². The van der Waals surface area contributed by atoms with Crippen molar-refractivity contribution < 1.29 is 4.79 Å². The van der Waals surface area contributed by atoms with E-state index in [0.29, 0.717) is 13.1 Å². The lowest BCUT2D eigenvalue weighted by Gasteiger charge is -2.36. The van der Waals surface area contributed by atoms with Crippen LogP contribution >= 0.6 is 11.3 Å². The van der Waals surface area contributed by atoms with Gasteiger partial charge in [-0.15, -0.1) is 11.3 Å². The molecule has 2 aliphatic heterocycles. The fourth-order valence-corrected chi connectivity index (χ4v) is 5.11. The van der Waals surface area contributed by atoms with Gasteiger partial charge in [-0.05, 0) is 24.5 Å². The van der Waals surface area contributed by atoms with Gasteiger partial charge in [-0.1, -0.05) is 18.2 Å². The maximum absolute atomic E-state index is 13.0. The van der Waals surface area contributed by atoms with Crippen molar-refractivity contribution in [3.8, 4) is 0 Å². The zero-order valence-electron chi connectivity index (χ0n) is 16.9. The zero-order chi connectivity index (χ0) is 20.5. The predicted octanol–water partition coefficient (Wildman–Crippen LogP) is 1.85. The van der Waals surface area contributed by atoms with E-state index in [4.69, 9.17) is 0 Å². The van der Waals surface area contributed by atoms with Gasteiger partial charge in [0.25, 0.3) is 5.56 Å². The molecular formula is C22H25N5O2S. The van der Waals surface area contributed by atoms with Gasteiger partial charge >= 0.3 is 0 Å². The molecule has 0 atom stereocenters. The van der Waals surface area contributed by atoms with Gasteiger partial charge in [0.15, 0.2) is 4.96 Å². The standard InChI is InChI=1S/C22H25N5O2S/c28-20-14-18(23-22-27(20)12-13-30-22)15-24-8-10-25(11-9-24)16-21(29)26-7-3-5-17-4-1-2-6-19(17)26/h1-2,4,6,12-14H,3,5,7-11,15-16H2. The summed E-state index contributed by atoms with van der Waals surface area (Å²) in [5.74, 6) is 0.188. The number of hydrogen-bond acceptors (Lipinski definition) is 6. The number of carbonyl (C=O) groups is 1. The third-order valence-corrected chi connectivity index (χ3v) is 6.73. The number of piperazine rings is 1. The van der Waals surface area contributed by atoms with E-state index in [-0.39, 0.29) is 11.5 Å². The van der Waals surface area contributed by atoms with Crippen LogP contribution in [0, 0.1) is 0 Å². The molecule has 0 unspecified atom stereocenters. The Labute approximate surface area is 179 Å². The van der Waals surface area contributed by atoms with Gasteiger partial charge in [-0.3, -0.25) is 23.8 Å². The van der Waals surface area contributed by atoms with Crippen LogP contribution in [0.4, 0.5) is 5.69 Å². The fraction of sp³-hybridized carbons (Fsp3) is 0.409. The van der Waals surface area contributed by atoms with Gasteiger partial charge in [-0.2, -0.15) is 0 Å². The van der Waals surface area contributed by atoms with Crippen LogP contribution in [0.5, 0.6) is 0 Å². The van der Waals surface area contributed by atoms with Crippen molar-refractivity contribution in [2.45, 2.75) is 19.4 Å². The minimum absolute atomic E-state index is 0.0257. The van der Waals surface area contributed by atoms with Crippen LogP contribution in [0.25, 0.3) is 4.96 Å². The fourth-order valence-electron chi connectivity index (χ4n) is 4.37. The Morgan fingerprint density at radius 3 is 2.73 bits per heavy atom. The molecule has 5 rings (SSSR count). The molecule has 0 spiro atoms. The number of benzene rings is 1. The van der Waals surface area contributed by atoms with E-state index in [1.54, 1.807) is 16.7 Å². The quantitative estimate of drug-likeness (QED) is 0.641. The molecule has 156 valence electrons. The van der Waals surface area contributed by atoms with Crippen molar-refractivity contribution >= 4 is 27.9 Å². The first-order chi connectivity index (χ1) is 14.7. The zero-order valence-corrected chi connectivity index (χ0v) is 17.7. The Hall–Kier alpha value is -2.55. The molecule has 2 aliphatic rings. The number of anilines is 1. The molecule has 0 N–H and O–H groups in total. The molecule has 0 saturated carbocycles. The van der Waals surface area contributed by atoms with E-state index >= 15 is 0 Å². The van der Waals surface area contributed by atoms with E-state index < -0.39 is 0 Å². The van der Waals surface area contributed by atoms with Crippen LogP contribution in [-0.2, 0) is 17.8 Å². The van der Waals surface area contributed by atoms with E-state index in [1.807, 2.05) is 22.4 Å². The number of hydrogen-bond donors (Lipinski definition) is 0. The van der Waals surface area contributed by atoms with E-state index in [9.17, 15) is 9.59 Å².